The van der Waals surface area contributed by atoms with E-state index < -0.39 is 5.54 Å². The normalized spacial score (nSPS) is 13.2. The van der Waals surface area contributed by atoms with E-state index in [0.29, 0.717) is 6.54 Å². The molecule has 2 aromatic rings. The molecule has 0 bridgehead atoms. The van der Waals surface area contributed by atoms with Crippen molar-refractivity contribution in [2.75, 3.05) is 25.0 Å². The van der Waals surface area contributed by atoms with E-state index in [1.54, 1.807) is 0 Å². The van der Waals surface area contributed by atoms with Crippen LogP contribution in [-0.4, -0.2) is 20.1 Å². The minimum absolute atomic E-state index is 0.602. The van der Waals surface area contributed by atoms with Crippen molar-refractivity contribution in [3.8, 4) is 6.07 Å². The van der Waals surface area contributed by atoms with E-state index >= 15 is 0 Å². The number of rotatable bonds is 6. The summed E-state index contributed by atoms with van der Waals surface area (Å²) in [5, 5.41) is 13.0. The molecule has 3 heteroatoms. The molecule has 0 aliphatic heterocycles. The first-order valence-electron chi connectivity index (χ1n) is 7.21. The van der Waals surface area contributed by atoms with Crippen LogP contribution in [0.25, 0.3) is 0 Å². The number of likely N-dealkylation sites (N-methyl/N-ethyl adjacent to an activating group) is 2. The van der Waals surface area contributed by atoms with Crippen LogP contribution in [0.3, 0.4) is 0 Å². The van der Waals surface area contributed by atoms with Gasteiger partial charge < -0.3 is 4.90 Å². The van der Waals surface area contributed by atoms with Crippen molar-refractivity contribution in [3.63, 3.8) is 0 Å². The first-order chi connectivity index (χ1) is 10.3. The number of nitrogens with one attached hydrogen (secondary N) is 1. The first kappa shape index (κ1) is 15.1. The second kappa shape index (κ2) is 6.92. The fourth-order valence-electron chi connectivity index (χ4n) is 2.50. The number of nitrogens with zero attached hydrogens (tertiary/aromatic N) is 2. The summed E-state index contributed by atoms with van der Waals surface area (Å²) in [5.74, 6) is 0. The number of hydrogen-bond donors (Lipinski definition) is 1. The van der Waals surface area contributed by atoms with Crippen LogP contribution in [0.2, 0.25) is 0 Å². The zero-order chi connectivity index (χ0) is 15.1. The Morgan fingerprint density at radius 3 is 2.10 bits per heavy atom. The van der Waals surface area contributed by atoms with Gasteiger partial charge in [0.05, 0.1) is 12.6 Å². The van der Waals surface area contributed by atoms with Gasteiger partial charge >= 0.3 is 0 Å². The highest BCUT2D eigenvalue weighted by molar-refractivity contribution is 5.48. The number of anilines is 1. The Morgan fingerprint density at radius 1 is 1.05 bits per heavy atom. The largest absolute Gasteiger partial charge is 0.369 e. The van der Waals surface area contributed by atoms with Crippen molar-refractivity contribution in [1.29, 1.82) is 5.26 Å². The van der Waals surface area contributed by atoms with Crippen LogP contribution in [0.1, 0.15) is 12.5 Å². The SMILES string of the molecule is CCN(CC(C#N)(NC)c1ccccc1)c1ccccc1. The van der Waals surface area contributed by atoms with Gasteiger partial charge in [-0.05, 0) is 31.7 Å². The van der Waals surface area contributed by atoms with E-state index in [9.17, 15) is 5.26 Å². The zero-order valence-corrected chi connectivity index (χ0v) is 12.6. The summed E-state index contributed by atoms with van der Waals surface area (Å²) >= 11 is 0. The van der Waals surface area contributed by atoms with Gasteiger partial charge in [-0.15, -0.1) is 0 Å². The zero-order valence-electron chi connectivity index (χ0n) is 12.6. The molecular formula is C18H21N3. The van der Waals surface area contributed by atoms with Crippen LogP contribution in [-0.2, 0) is 5.54 Å². The smallest absolute Gasteiger partial charge is 0.149 e. The molecule has 2 rings (SSSR count). The van der Waals surface area contributed by atoms with Gasteiger partial charge in [0.25, 0.3) is 0 Å². The minimum atomic E-state index is -0.715. The first-order valence-corrected chi connectivity index (χ1v) is 7.21. The average molecular weight is 279 g/mol. The van der Waals surface area contributed by atoms with Gasteiger partial charge in [-0.1, -0.05) is 48.5 Å². The summed E-state index contributed by atoms with van der Waals surface area (Å²) in [6.45, 7) is 3.56. The molecule has 0 saturated carbocycles. The van der Waals surface area contributed by atoms with Gasteiger partial charge in [0.1, 0.15) is 5.54 Å². The molecule has 0 saturated heterocycles. The lowest BCUT2D eigenvalue weighted by molar-refractivity contribution is 0.463. The molecule has 0 heterocycles. The Morgan fingerprint density at radius 2 is 1.62 bits per heavy atom. The van der Waals surface area contributed by atoms with Crippen molar-refractivity contribution in [2.24, 2.45) is 0 Å². The topological polar surface area (TPSA) is 39.1 Å². The fourth-order valence-corrected chi connectivity index (χ4v) is 2.50. The van der Waals surface area contributed by atoms with Gasteiger partial charge in [-0.3, -0.25) is 5.32 Å². The highest BCUT2D eigenvalue weighted by atomic mass is 15.2. The second-order valence-corrected chi connectivity index (χ2v) is 4.98. The molecule has 21 heavy (non-hydrogen) atoms. The maximum Gasteiger partial charge on any atom is 0.149 e. The van der Waals surface area contributed by atoms with Crippen molar-refractivity contribution in [1.82, 2.24) is 5.32 Å². The summed E-state index contributed by atoms with van der Waals surface area (Å²) in [5.41, 5.74) is 1.41. The number of para-hydroxylation sites is 1. The molecule has 3 nitrogen and oxygen atoms in total. The Kier molecular flexibility index (Phi) is 4.97. The molecule has 1 atom stereocenters. The minimum Gasteiger partial charge on any atom is -0.369 e. The van der Waals surface area contributed by atoms with E-state index in [0.717, 1.165) is 17.8 Å². The van der Waals surface area contributed by atoms with Crippen LogP contribution in [0.4, 0.5) is 5.69 Å². The summed E-state index contributed by atoms with van der Waals surface area (Å²) in [6, 6.07) is 22.6. The molecular weight excluding hydrogens is 258 g/mol. The Hall–Kier alpha value is -2.31. The van der Waals surface area contributed by atoms with Crippen molar-refractivity contribution in [3.05, 3.63) is 66.2 Å². The van der Waals surface area contributed by atoms with E-state index in [1.807, 2.05) is 55.6 Å². The molecule has 0 fully saturated rings. The molecule has 0 spiro atoms. The van der Waals surface area contributed by atoms with Gasteiger partial charge in [0.2, 0.25) is 0 Å². The summed E-state index contributed by atoms with van der Waals surface area (Å²) < 4.78 is 0. The third-order valence-corrected chi connectivity index (χ3v) is 3.82. The summed E-state index contributed by atoms with van der Waals surface area (Å²) in [6.07, 6.45) is 0. The van der Waals surface area contributed by atoms with E-state index in [2.05, 4.69) is 35.3 Å². The van der Waals surface area contributed by atoms with E-state index in [1.165, 1.54) is 0 Å². The van der Waals surface area contributed by atoms with E-state index in [4.69, 9.17) is 0 Å². The standard InChI is InChI=1S/C18H21N3/c1-3-21(17-12-8-5-9-13-17)15-18(14-19,20-2)16-10-6-4-7-11-16/h4-13,20H,3,15H2,1-2H3. The van der Waals surface area contributed by atoms with Crippen molar-refractivity contribution in [2.45, 2.75) is 12.5 Å². The number of benzene rings is 2. The molecule has 0 aliphatic carbocycles. The number of nitriles is 1. The predicted octanol–water partition coefficient (Wildman–Crippen LogP) is 3.15. The molecule has 1 N–H and O–H groups in total. The lowest BCUT2D eigenvalue weighted by atomic mass is 9.90. The summed E-state index contributed by atoms with van der Waals surface area (Å²) in [4.78, 5) is 2.22. The quantitative estimate of drug-likeness (QED) is 0.883. The average Bonchev–Trinajstić information content (AvgIpc) is 2.58. The highest BCUT2D eigenvalue weighted by Gasteiger charge is 2.32. The monoisotopic (exact) mass is 279 g/mol. The maximum atomic E-state index is 9.78. The fraction of sp³-hybridized carbons (Fsp3) is 0.278. The van der Waals surface area contributed by atoms with Crippen LogP contribution >= 0.6 is 0 Å². The Labute approximate surface area is 126 Å². The van der Waals surface area contributed by atoms with Gasteiger partial charge in [-0.2, -0.15) is 5.26 Å². The molecule has 2 aromatic carbocycles. The molecule has 1 unspecified atom stereocenters. The number of hydrogen-bond acceptors (Lipinski definition) is 3. The van der Waals surface area contributed by atoms with Crippen LogP contribution < -0.4 is 10.2 Å². The summed E-state index contributed by atoms with van der Waals surface area (Å²) in [7, 11) is 1.84. The lowest BCUT2D eigenvalue weighted by Crippen LogP contribution is -2.49. The van der Waals surface area contributed by atoms with Gasteiger partial charge in [-0.25, -0.2) is 0 Å². The molecule has 0 aromatic heterocycles. The third kappa shape index (κ3) is 3.24. The Balaban J connectivity index is 2.34. The highest BCUT2D eigenvalue weighted by Crippen LogP contribution is 2.24. The molecule has 0 radical (unpaired) electrons. The Bertz CT molecular complexity index is 589. The van der Waals surface area contributed by atoms with Crippen LogP contribution in [0.5, 0.6) is 0 Å². The van der Waals surface area contributed by atoms with Crippen molar-refractivity contribution < 1.29 is 0 Å². The van der Waals surface area contributed by atoms with Gasteiger partial charge in [0, 0.05) is 12.2 Å². The molecule has 0 aliphatic rings. The van der Waals surface area contributed by atoms with Crippen LogP contribution in [0.15, 0.2) is 60.7 Å². The lowest BCUT2D eigenvalue weighted by Gasteiger charge is -2.34. The molecule has 108 valence electrons. The maximum absolute atomic E-state index is 9.78. The predicted molar refractivity (Wildman–Crippen MR) is 87.1 cm³/mol. The van der Waals surface area contributed by atoms with Crippen molar-refractivity contribution >= 4 is 5.69 Å². The third-order valence-electron chi connectivity index (χ3n) is 3.82. The molecule has 0 amide bonds. The second-order valence-electron chi connectivity index (χ2n) is 4.98. The van der Waals surface area contributed by atoms with Gasteiger partial charge in [0.15, 0.2) is 0 Å². The van der Waals surface area contributed by atoms with Crippen LogP contribution in [0, 0.1) is 11.3 Å². The van der Waals surface area contributed by atoms with E-state index in [-0.39, 0.29) is 0 Å².